The van der Waals surface area contributed by atoms with Crippen molar-refractivity contribution in [2.45, 2.75) is 11.3 Å². The first kappa shape index (κ1) is 15.0. The molecule has 1 aliphatic heterocycles. The summed E-state index contributed by atoms with van der Waals surface area (Å²) in [6.07, 6.45) is 2.13. The van der Waals surface area contributed by atoms with Gasteiger partial charge < -0.3 is 10.2 Å². The van der Waals surface area contributed by atoms with Crippen LogP contribution in [-0.4, -0.2) is 52.2 Å². The van der Waals surface area contributed by atoms with Crippen LogP contribution in [-0.2, 0) is 9.84 Å². The molecule has 1 aliphatic rings. The second kappa shape index (κ2) is 5.93. The molecular weight excluding hydrogens is 276 g/mol. The van der Waals surface area contributed by atoms with Crippen molar-refractivity contribution in [2.24, 2.45) is 5.92 Å². The summed E-state index contributed by atoms with van der Waals surface area (Å²) in [7, 11) is -1.38. The maximum atomic E-state index is 12.4. The number of carbonyl (C=O) groups is 1. The lowest BCUT2D eigenvalue weighted by Crippen LogP contribution is -2.30. The zero-order chi connectivity index (χ0) is 14.8. The van der Waals surface area contributed by atoms with Crippen LogP contribution >= 0.6 is 0 Å². The lowest BCUT2D eigenvalue weighted by Gasteiger charge is -2.17. The first-order valence-electron chi connectivity index (χ1n) is 6.66. The van der Waals surface area contributed by atoms with Crippen LogP contribution in [0.15, 0.2) is 29.2 Å². The van der Waals surface area contributed by atoms with Crippen molar-refractivity contribution in [3.8, 4) is 0 Å². The molecule has 1 fully saturated rings. The van der Waals surface area contributed by atoms with Gasteiger partial charge in [0.15, 0.2) is 9.84 Å². The van der Waals surface area contributed by atoms with Crippen molar-refractivity contribution in [3.05, 3.63) is 29.8 Å². The van der Waals surface area contributed by atoms with E-state index >= 15 is 0 Å². The minimum Gasteiger partial charge on any atom is -0.338 e. The Hall–Kier alpha value is -1.40. The van der Waals surface area contributed by atoms with Crippen molar-refractivity contribution in [2.75, 3.05) is 32.9 Å². The third kappa shape index (κ3) is 3.37. The first-order valence-corrected chi connectivity index (χ1v) is 8.55. The third-order valence-corrected chi connectivity index (χ3v) is 4.69. The molecule has 2 rings (SSSR count). The SMILES string of the molecule is CNCC1CCN(C(=O)c2cccc(S(C)(=O)=O)c2)C1. The van der Waals surface area contributed by atoms with E-state index in [4.69, 9.17) is 0 Å². The van der Waals surface area contributed by atoms with Crippen molar-refractivity contribution in [3.63, 3.8) is 0 Å². The quantitative estimate of drug-likeness (QED) is 0.891. The Morgan fingerprint density at radius 2 is 2.20 bits per heavy atom. The number of carbonyl (C=O) groups excluding carboxylic acids is 1. The number of sulfone groups is 1. The molecule has 0 radical (unpaired) electrons. The largest absolute Gasteiger partial charge is 0.338 e. The molecule has 0 aromatic heterocycles. The molecule has 5 nitrogen and oxygen atoms in total. The molecule has 1 saturated heterocycles. The molecule has 110 valence electrons. The Bertz CT molecular complexity index is 598. The Morgan fingerprint density at radius 3 is 2.85 bits per heavy atom. The minimum absolute atomic E-state index is 0.0888. The number of nitrogens with zero attached hydrogens (tertiary/aromatic N) is 1. The normalized spacial score (nSPS) is 19.3. The van der Waals surface area contributed by atoms with Crippen LogP contribution in [0.3, 0.4) is 0 Å². The second-order valence-corrected chi connectivity index (χ2v) is 7.28. The van der Waals surface area contributed by atoms with Gasteiger partial charge >= 0.3 is 0 Å². The number of nitrogens with one attached hydrogen (secondary N) is 1. The Kier molecular flexibility index (Phi) is 4.45. The van der Waals surface area contributed by atoms with Crippen LogP contribution in [0.25, 0.3) is 0 Å². The van der Waals surface area contributed by atoms with Gasteiger partial charge in [-0.25, -0.2) is 8.42 Å². The summed E-state index contributed by atoms with van der Waals surface area (Å²) < 4.78 is 23.1. The maximum Gasteiger partial charge on any atom is 0.253 e. The van der Waals surface area contributed by atoms with Gasteiger partial charge in [-0.2, -0.15) is 0 Å². The van der Waals surface area contributed by atoms with E-state index in [0.717, 1.165) is 32.3 Å². The van der Waals surface area contributed by atoms with Gasteiger partial charge in [-0.1, -0.05) is 6.07 Å². The molecule has 1 atom stereocenters. The van der Waals surface area contributed by atoms with Gasteiger partial charge in [-0.15, -0.1) is 0 Å². The summed E-state index contributed by atoms with van der Waals surface area (Å²) in [5.74, 6) is 0.385. The average molecular weight is 296 g/mol. The van der Waals surface area contributed by atoms with Gasteiger partial charge in [0.2, 0.25) is 0 Å². The molecule has 1 heterocycles. The highest BCUT2D eigenvalue weighted by molar-refractivity contribution is 7.90. The number of hydrogen-bond donors (Lipinski definition) is 1. The van der Waals surface area contributed by atoms with Crippen molar-refractivity contribution in [1.82, 2.24) is 10.2 Å². The van der Waals surface area contributed by atoms with Crippen LogP contribution in [0, 0.1) is 5.92 Å². The smallest absolute Gasteiger partial charge is 0.253 e. The number of rotatable bonds is 4. The van der Waals surface area contributed by atoms with Crippen LogP contribution in [0.4, 0.5) is 0 Å². The molecule has 1 amide bonds. The van der Waals surface area contributed by atoms with E-state index in [2.05, 4.69) is 5.32 Å². The lowest BCUT2D eigenvalue weighted by molar-refractivity contribution is 0.0787. The van der Waals surface area contributed by atoms with E-state index in [1.54, 1.807) is 17.0 Å². The summed E-state index contributed by atoms with van der Waals surface area (Å²) in [6.45, 7) is 2.35. The van der Waals surface area contributed by atoms with Gasteiger partial charge in [-0.3, -0.25) is 4.79 Å². The number of benzene rings is 1. The monoisotopic (exact) mass is 296 g/mol. The highest BCUT2D eigenvalue weighted by Crippen LogP contribution is 2.19. The molecule has 20 heavy (non-hydrogen) atoms. The minimum atomic E-state index is -3.28. The van der Waals surface area contributed by atoms with Crippen molar-refractivity contribution < 1.29 is 13.2 Å². The zero-order valence-corrected chi connectivity index (χ0v) is 12.6. The molecule has 0 spiro atoms. The molecule has 1 aromatic carbocycles. The fraction of sp³-hybridized carbons (Fsp3) is 0.500. The van der Waals surface area contributed by atoms with E-state index in [0.29, 0.717) is 11.5 Å². The van der Waals surface area contributed by atoms with Crippen LogP contribution in [0.2, 0.25) is 0 Å². The van der Waals surface area contributed by atoms with E-state index in [1.165, 1.54) is 12.1 Å². The summed E-state index contributed by atoms with van der Waals surface area (Å²) in [4.78, 5) is 14.4. The molecule has 1 unspecified atom stereocenters. The van der Waals surface area contributed by atoms with Gasteiger partial charge in [0.1, 0.15) is 0 Å². The van der Waals surface area contributed by atoms with Crippen LogP contribution in [0.5, 0.6) is 0 Å². The molecule has 1 aromatic rings. The predicted molar refractivity (Wildman–Crippen MR) is 77.5 cm³/mol. The summed E-state index contributed by atoms with van der Waals surface area (Å²) >= 11 is 0. The van der Waals surface area contributed by atoms with Crippen molar-refractivity contribution >= 4 is 15.7 Å². The van der Waals surface area contributed by atoms with E-state index in [9.17, 15) is 13.2 Å². The van der Waals surface area contributed by atoms with Gasteiger partial charge in [0, 0.05) is 24.9 Å². The highest BCUT2D eigenvalue weighted by atomic mass is 32.2. The standard InChI is InChI=1S/C14H20N2O3S/c1-15-9-11-6-7-16(10-11)14(17)12-4-3-5-13(8-12)20(2,18)19/h3-5,8,11,15H,6-7,9-10H2,1-2H3. The second-order valence-electron chi connectivity index (χ2n) is 5.26. The average Bonchev–Trinajstić information content (AvgIpc) is 2.86. The van der Waals surface area contributed by atoms with Crippen LogP contribution < -0.4 is 5.32 Å². The summed E-state index contributed by atoms with van der Waals surface area (Å²) in [6, 6.07) is 6.26. The predicted octanol–water partition coefficient (Wildman–Crippen LogP) is 0.772. The molecule has 0 saturated carbocycles. The van der Waals surface area contributed by atoms with E-state index in [-0.39, 0.29) is 10.8 Å². The maximum absolute atomic E-state index is 12.4. The van der Waals surface area contributed by atoms with Gasteiger partial charge in [0.05, 0.1) is 4.90 Å². The fourth-order valence-electron chi connectivity index (χ4n) is 2.51. The topological polar surface area (TPSA) is 66.5 Å². The lowest BCUT2D eigenvalue weighted by atomic mass is 10.1. The van der Waals surface area contributed by atoms with E-state index in [1.807, 2.05) is 7.05 Å². The summed E-state index contributed by atoms with van der Waals surface area (Å²) in [5, 5.41) is 3.12. The van der Waals surface area contributed by atoms with E-state index < -0.39 is 9.84 Å². The fourth-order valence-corrected chi connectivity index (χ4v) is 3.18. The molecular formula is C14H20N2O3S. The summed E-state index contributed by atoms with van der Waals surface area (Å²) in [5.41, 5.74) is 0.443. The van der Waals surface area contributed by atoms with Gasteiger partial charge in [0.25, 0.3) is 5.91 Å². The first-order chi connectivity index (χ1) is 9.41. The molecule has 6 heteroatoms. The van der Waals surface area contributed by atoms with Crippen molar-refractivity contribution in [1.29, 1.82) is 0 Å². The van der Waals surface area contributed by atoms with Crippen LogP contribution in [0.1, 0.15) is 16.8 Å². The molecule has 0 aliphatic carbocycles. The Labute approximate surface area is 119 Å². The zero-order valence-electron chi connectivity index (χ0n) is 11.8. The Balaban J connectivity index is 2.14. The number of amides is 1. The Morgan fingerprint density at radius 1 is 1.45 bits per heavy atom. The third-order valence-electron chi connectivity index (χ3n) is 3.58. The van der Waals surface area contributed by atoms with Gasteiger partial charge in [-0.05, 0) is 44.1 Å². The molecule has 0 bridgehead atoms. The highest BCUT2D eigenvalue weighted by Gasteiger charge is 2.26. The number of likely N-dealkylation sites (tertiary alicyclic amines) is 1. The number of hydrogen-bond acceptors (Lipinski definition) is 4. The molecule has 1 N–H and O–H groups in total.